The highest BCUT2D eigenvalue weighted by molar-refractivity contribution is 5.92. The number of carbonyl (C=O) groups is 2. The molecule has 2 aliphatic heterocycles. The van der Waals surface area contributed by atoms with Crippen LogP contribution in [0.4, 0.5) is 0 Å². The monoisotopic (exact) mass is 403 g/mol. The van der Waals surface area contributed by atoms with Gasteiger partial charge in [-0.2, -0.15) is 5.10 Å². The van der Waals surface area contributed by atoms with Crippen molar-refractivity contribution in [1.82, 2.24) is 24.5 Å². The van der Waals surface area contributed by atoms with Gasteiger partial charge in [-0.15, -0.1) is 0 Å². The lowest BCUT2D eigenvalue weighted by Gasteiger charge is -2.37. The number of piperidine rings is 1. The SMILES string of the molecule is CC(C)c1cc(C(=O)N2CCC(C(=O)N3CCN(C)CC3)CC2)nn1C(C)(C)C. The Labute approximate surface area is 175 Å². The number of likely N-dealkylation sites (tertiary alicyclic amines) is 1. The van der Waals surface area contributed by atoms with Gasteiger partial charge in [0.1, 0.15) is 0 Å². The molecule has 1 aromatic heterocycles. The van der Waals surface area contributed by atoms with Gasteiger partial charge in [0, 0.05) is 50.9 Å². The molecule has 0 saturated carbocycles. The molecule has 0 radical (unpaired) electrons. The molecule has 3 rings (SSSR count). The summed E-state index contributed by atoms with van der Waals surface area (Å²) in [5.74, 6) is 0.598. The van der Waals surface area contributed by atoms with E-state index in [-0.39, 0.29) is 23.3 Å². The van der Waals surface area contributed by atoms with Crippen LogP contribution in [0, 0.1) is 5.92 Å². The van der Waals surface area contributed by atoms with Crippen LogP contribution in [-0.4, -0.2) is 82.6 Å². The van der Waals surface area contributed by atoms with E-state index < -0.39 is 0 Å². The third kappa shape index (κ3) is 4.82. The molecule has 162 valence electrons. The predicted molar refractivity (Wildman–Crippen MR) is 114 cm³/mol. The van der Waals surface area contributed by atoms with Crippen LogP contribution in [0.1, 0.15) is 69.6 Å². The highest BCUT2D eigenvalue weighted by Crippen LogP contribution is 2.26. The summed E-state index contributed by atoms with van der Waals surface area (Å²) < 4.78 is 1.98. The lowest BCUT2D eigenvalue weighted by molar-refractivity contribution is -0.138. The number of amides is 2. The smallest absolute Gasteiger partial charge is 0.274 e. The van der Waals surface area contributed by atoms with E-state index in [2.05, 4.69) is 51.7 Å². The first-order valence-corrected chi connectivity index (χ1v) is 10.9. The van der Waals surface area contributed by atoms with Gasteiger partial charge in [0.25, 0.3) is 5.91 Å². The van der Waals surface area contributed by atoms with Crippen LogP contribution in [-0.2, 0) is 10.3 Å². The Hall–Kier alpha value is -1.89. The number of likely N-dealkylation sites (N-methyl/N-ethyl adjacent to an activating group) is 1. The number of hydrogen-bond acceptors (Lipinski definition) is 4. The van der Waals surface area contributed by atoms with Crippen LogP contribution in [0.3, 0.4) is 0 Å². The Morgan fingerprint density at radius 3 is 2.07 bits per heavy atom. The van der Waals surface area contributed by atoms with Crippen molar-refractivity contribution in [2.45, 2.75) is 58.9 Å². The maximum atomic E-state index is 13.1. The molecule has 0 aliphatic carbocycles. The van der Waals surface area contributed by atoms with Crippen molar-refractivity contribution in [2.75, 3.05) is 46.3 Å². The summed E-state index contributed by atoms with van der Waals surface area (Å²) in [6.07, 6.45) is 1.49. The average Bonchev–Trinajstić information content (AvgIpc) is 3.14. The summed E-state index contributed by atoms with van der Waals surface area (Å²) in [5.41, 5.74) is 1.44. The van der Waals surface area contributed by atoms with E-state index in [0.717, 1.165) is 44.7 Å². The van der Waals surface area contributed by atoms with Gasteiger partial charge < -0.3 is 14.7 Å². The van der Waals surface area contributed by atoms with Crippen molar-refractivity contribution in [1.29, 1.82) is 0 Å². The van der Waals surface area contributed by atoms with Gasteiger partial charge in [-0.1, -0.05) is 13.8 Å². The topological polar surface area (TPSA) is 61.7 Å². The van der Waals surface area contributed by atoms with Crippen LogP contribution in [0.2, 0.25) is 0 Å². The molecule has 2 aliphatic rings. The lowest BCUT2D eigenvalue weighted by Crippen LogP contribution is -2.51. The highest BCUT2D eigenvalue weighted by Gasteiger charge is 2.33. The molecule has 0 bridgehead atoms. The normalized spacial score (nSPS) is 19.8. The second-order valence-corrected chi connectivity index (χ2v) is 9.89. The molecule has 2 saturated heterocycles. The fourth-order valence-corrected chi connectivity index (χ4v) is 4.23. The Bertz CT molecular complexity index is 733. The average molecular weight is 404 g/mol. The van der Waals surface area contributed by atoms with Crippen molar-refractivity contribution in [3.05, 3.63) is 17.5 Å². The van der Waals surface area contributed by atoms with Crippen molar-refractivity contribution in [2.24, 2.45) is 5.92 Å². The van der Waals surface area contributed by atoms with Gasteiger partial charge in [-0.25, -0.2) is 0 Å². The van der Waals surface area contributed by atoms with E-state index in [1.807, 2.05) is 20.5 Å². The number of nitrogens with zero attached hydrogens (tertiary/aromatic N) is 5. The number of hydrogen-bond donors (Lipinski definition) is 0. The van der Waals surface area contributed by atoms with E-state index in [1.54, 1.807) is 0 Å². The van der Waals surface area contributed by atoms with Gasteiger partial charge in [0.05, 0.1) is 5.54 Å². The molecule has 0 unspecified atom stereocenters. The summed E-state index contributed by atoms with van der Waals surface area (Å²) in [4.78, 5) is 32.0. The van der Waals surface area contributed by atoms with E-state index in [9.17, 15) is 9.59 Å². The quantitative estimate of drug-likeness (QED) is 0.777. The molecular formula is C22H37N5O2. The zero-order chi connectivity index (χ0) is 21.3. The Balaban J connectivity index is 1.62. The Morgan fingerprint density at radius 1 is 1.00 bits per heavy atom. The van der Waals surface area contributed by atoms with Crippen LogP contribution in [0.5, 0.6) is 0 Å². The van der Waals surface area contributed by atoms with Crippen LogP contribution in [0.25, 0.3) is 0 Å². The van der Waals surface area contributed by atoms with Crippen LogP contribution >= 0.6 is 0 Å². The molecule has 0 spiro atoms. The number of rotatable bonds is 3. The van der Waals surface area contributed by atoms with E-state index >= 15 is 0 Å². The number of carbonyl (C=O) groups excluding carboxylic acids is 2. The Kier molecular flexibility index (Phi) is 6.36. The minimum atomic E-state index is -0.167. The largest absolute Gasteiger partial charge is 0.340 e. The van der Waals surface area contributed by atoms with Crippen LogP contribution < -0.4 is 0 Å². The summed E-state index contributed by atoms with van der Waals surface area (Å²) in [6.45, 7) is 15.3. The molecule has 7 nitrogen and oxygen atoms in total. The molecule has 0 N–H and O–H groups in total. The maximum absolute atomic E-state index is 13.1. The van der Waals surface area contributed by atoms with Crippen molar-refractivity contribution < 1.29 is 9.59 Å². The third-order valence-electron chi connectivity index (χ3n) is 6.13. The fraction of sp³-hybridized carbons (Fsp3) is 0.773. The summed E-state index contributed by atoms with van der Waals surface area (Å²) in [5, 5.41) is 4.66. The molecule has 3 heterocycles. The molecule has 29 heavy (non-hydrogen) atoms. The van der Waals surface area contributed by atoms with Gasteiger partial charge in [0.15, 0.2) is 5.69 Å². The van der Waals surface area contributed by atoms with E-state index in [0.29, 0.717) is 24.7 Å². The molecule has 2 fully saturated rings. The minimum Gasteiger partial charge on any atom is -0.340 e. The molecule has 2 amide bonds. The molecule has 0 aromatic carbocycles. The highest BCUT2D eigenvalue weighted by atomic mass is 16.2. The minimum absolute atomic E-state index is 0.0135. The predicted octanol–water partition coefficient (Wildman–Crippen LogP) is 2.39. The van der Waals surface area contributed by atoms with Gasteiger partial charge in [-0.05, 0) is 52.6 Å². The second kappa shape index (κ2) is 8.46. The molecular weight excluding hydrogens is 366 g/mol. The standard InChI is InChI=1S/C22H37N5O2/c1-16(2)19-15-18(23-27(19)22(3,4)5)21(29)25-9-7-17(8-10-25)20(28)26-13-11-24(6)12-14-26/h15-17H,7-14H2,1-6H3. The van der Waals surface area contributed by atoms with E-state index in [4.69, 9.17) is 0 Å². The first-order chi connectivity index (χ1) is 13.6. The number of aromatic nitrogens is 2. The van der Waals surface area contributed by atoms with Gasteiger partial charge >= 0.3 is 0 Å². The van der Waals surface area contributed by atoms with Crippen molar-refractivity contribution in [3.8, 4) is 0 Å². The van der Waals surface area contributed by atoms with E-state index in [1.165, 1.54) is 0 Å². The third-order valence-corrected chi connectivity index (χ3v) is 6.13. The molecule has 1 aromatic rings. The lowest BCUT2D eigenvalue weighted by atomic mass is 9.94. The summed E-state index contributed by atoms with van der Waals surface area (Å²) in [7, 11) is 2.09. The zero-order valence-corrected chi connectivity index (χ0v) is 18.9. The maximum Gasteiger partial charge on any atom is 0.274 e. The van der Waals surface area contributed by atoms with Crippen molar-refractivity contribution in [3.63, 3.8) is 0 Å². The first kappa shape index (κ1) is 21.8. The molecule has 7 heteroatoms. The zero-order valence-electron chi connectivity index (χ0n) is 18.9. The summed E-state index contributed by atoms with van der Waals surface area (Å²) in [6, 6.07) is 1.94. The number of piperazine rings is 1. The molecule has 0 atom stereocenters. The first-order valence-electron chi connectivity index (χ1n) is 10.9. The van der Waals surface area contributed by atoms with Crippen LogP contribution in [0.15, 0.2) is 6.07 Å². The second-order valence-electron chi connectivity index (χ2n) is 9.89. The van der Waals surface area contributed by atoms with Gasteiger partial charge in [-0.3, -0.25) is 14.3 Å². The van der Waals surface area contributed by atoms with Crippen molar-refractivity contribution >= 4 is 11.8 Å². The summed E-state index contributed by atoms with van der Waals surface area (Å²) >= 11 is 0. The van der Waals surface area contributed by atoms with Gasteiger partial charge in [0.2, 0.25) is 5.91 Å². The fourth-order valence-electron chi connectivity index (χ4n) is 4.23. The Morgan fingerprint density at radius 2 is 1.59 bits per heavy atom.